The Hall–Kier alpha value is -2.65. The molecule has 1 aliphatic rings. The first-order valence-corrected chi connectivity index (χ1v) is 7.77. The Morgan fingerprint density at radius 3 is 2.33 bits per heavy atom. The van der Waals surface area contributed by atoms with E-state index in [2.05, 4.69) is 71.7 Å². The van der Waals surface area contributed by atoms with E-state index in [9.17, 15) is 0 Å². The maximum atomic E-state index is 6.35. The zero-order chi connectivity index (χ0) is 16.0. The Morgan fingerprint density at radius 2 is 1.58 bits per heavy atom. The fraction of sp³-hybridized carbons (Fsp3) is 0.100. The van der Waals surface area contributed by atoms with Crippen LogP contribution in [0.15, 0.2) is 60.7 Å². The quantitative estimate of drug-likeness (QED) is 0.429. The normalized spacial score (nSPS) is 11.8. The molecule has 3 N–H and O–H groups in total. The summed E-state index contributed by atoms with van der Waals surface area (Å²) in [6.45, 7) is 4.14. The van der Waals surface area contributed by atoms with E-state index < -0.39 is 0 Å². The number of benzene rings is 3. The van der Waals surface area contributed by atoms with Gasteiger partial charge in [-0.05, 0) is 55.3 Å². The third kappa shape index (κ3) is 2.47. The van der Waals surface area contributed by atoms with Crippen molar-refractivity contribution in [3.05, 3.63) is 71.8 Å². The van der Waals surface area contributed by atoms with Crippen LogP contribution in [0.2, 0.25) is 0 Å². The number of fused-ring (bicyclic) bond motifs is 2. The van der Waals surface area contributed by atoms with Gasteiger partial charge in [-0.15, -0.1) is 12.4 Å². The number of nitrogens with one attached hydrogen (secondary N) is 1. The Kier molecular flexibility index (Phi) is 4.12. The number of nitrogen functional groups attached to an aromatic ring is 1. The first-order valence-electron chi connectivity index (χ1n) is 7.77. The van der Waals surface area contributed by atoms with Crippen LogP contribution in [0, 0.1) is 13.8 Å². The van der Waals surface area contributed by atoms with Crippen LogP contribution in [0.1, 0.15) is 11.1 Å². The maximum absolute atomic E-state index is 6.35. The summed E-state index contributed by atoms with van der Waals surface area (Å²) in [5.74, 6) is 0. The van der Waals surface area contributed by atoms with Crippen LogP contribution >= 0.6 is 12.4 Å². The average molecular weight is 338 g/mol. The highest BCUT2D eigenvalue weighted by Gasteiger charge is 2.25. The molecule has 0 amide bonds. The number of hydrogen-bond donors (Lipinski definition) is 2. The Bertz CT molecular complexity index is 891. The second kappa shape index (κ2) is 6.10. The molecule has 4 rings (SSSR count). The van der Waals surface area contributed by atoms with Crippen LogP contribution in [0.3, 0.4) is 0 Å². The number of hydrogen-bond acceptors (Lipinski definition) is 3. The lowest BCUT2D eigenvalue weighted by atomic mass is 10.0. The van der Waals surface area contributed by atoms with E-state index in [1.807, 2.05) is 13.0 Å². The molecule has 0 aliphatic carbocycles. The van der Waals surface area contributed by atoms with Crippen molar-refractivity contribution >= 4 is 46.5 Å². The molecule has 4 heteroatoms. The average Bonchev–Trinajstić information content (AvgIpc) is 2.57. The lowest BCUT2D eigenvalue weighted by molar-refractivity contribution is 1.24. The highest BCUT2D eigenvalue weighted by Crippen LogP contribution is 2.50. The van der Waals surface area contributed by atoms with E-state index in [-0.39, 0.29) is 12.4 Å². The van der Waals surface area contributed by atoms with Gasteiger partial charge in [0.05, 0.1) is 28.4 Å². The number of para-hydroxylation sites is 1. The Labute approximate surface area is 148 Å². The van der Waals surface area contributed by atoms with Crippen LogP contribution in [-0.4, -0.2) is 0 Å². The SMILES string of the molecule is Cc1ccc2c(c1)Nc1c(ccc(C)c1N)N2c1ccccc1.Cl. The number of anilines is 6. The van der Waals surface area contributed by atoms with Crippen LogP contribution in [0.4, 0.5) is 34.1 Å². The van der Waals surface area contributed by atoms with Gasteiger partial charge in [0.15, 0.2) is 0 Å². The van der Waals surface area contributed by atoms with E-state index in [1.54, 1.807) is 0 Å². The number of rotatable bonds is 1. The Morgan fingerprint density at radius 1 is 0.875 bits per heavy atom. The summed E-state index contributed by atoms with van der Waals surface area (Å²) in [5, 5.41) is 3.52. The van der Waals surface area contributed by atoms with Gasteiger partial charge in [0.2, 0.25) is 0 Å². The minimum atomic E-state index is 0. The van der Waals surface area contributed by atoms with Crippen molar-refractivity contribution in [2.24, 2.45) is 0 Å². The lowest BCUT2D eigenvalue weighted by Crippen LogP contribution is -2.19. The second-order valence-electron chi connectivity index (χ2n) is 6.01. The van der Waals surface area contributed by atoms with Gasteiger partial charge in [-0.3, -0.25) is 0 Å². The van der Waals surface area contributed by atoms with Crippen LogP contribution in [0.5, 0.6) is 0 Å². The van der Waals surface area contributed by atoms with E-state index in [4.69, 9.17) is 5.73 Å². The summed E-state index contributed by atoms with van der Waals surface area (Å²) in [6.07, 6.45) is 0. The molecule has 3 aromatic rings. The van der Waals surface area contributed by atoms with Gasteiger partial charge >= 0.3 is 0 Å². The van der Waals surface area contributed by atoms with Crippen molar-refractivity contribution < 1.29 is 0 Å². The summed E-state index contributed by atoms with van der Waals surface area (Å²) in [5.41, 5.74) is 14.9. The van der Waals surface area contributed by atoms with Crippen molar-refractivity contribution in [2.75, 3.05) is 16.0 Å². The molecule has 0 spiro atoms. The van der Waals surface area contributed by atoms with Crippen molar-refractivity contribution in [2.45, 2.75) is 13.8 Å². The first kappa shape index (κ1) is 16.2. The largest absolute Gasteiger partial charge is 0.397 e. The molecule has 0 radical (unpaired) electrons. The predicted molar refractivity (Wildman–Crippen MR) is 106 cm³/mol. The minimum Gasteiger partial charge on any atom is -0.397 e. The van der Waals surface area contributed by atoms with E-state index in [0.717, 1.165) is 39.7 Å². The van der Waals surface area contributed by atoms with Gasteiger partial charge in [0.1, 0.15) is 0 Å². The molecule has 0 saturated heterocycles. The summed E-state index contributed by atoms with van der Waals surface area (Å²) < 4.78 is 0. The molecule has 1 heterocycles. The number of aryl methyl sites for hydroxylation is 2. The maximum Gasteiger partial charge on any atom is 0.0866 e. The highest BCUT2D eigenvalue weighted by atomic mass is 35.5. The summed E-state index contributed by atoms with van der Waals surface area (Å²) >= 11 is 0. The summed E-state index contributed by atoms with van der Waals surface area (Å²) in [7, 11) is 0. The fourth-order valence-electron chi connectivity index (χ4n) is 3.09. The second-order valence-corrected chi connectivity index (χ2v) is 6.01. The van der Waals surface area contributed by atoms with Gasteiger partial charge in [-0.25, -0.2) is 0 Å². The lowest BCUT2D eigenvalue weighted by Gasteiger charge is -2.35. The summed E-state index contributed by atoms with van der Waals surface area (Å²) in [6, 6.07) is 21.0. The number of halogens is 1. The molecule has 0 unspecified atom stereocenters. The zero-order valence-corrected chi connectivity index (χ0v) is 14.5. The smallest absolute Gasteiger partial charge is 0.0866 e. The van der Waals surface area contributed by atoms with Crippen LogP contribution in [0.25, 0.3) is 0 Å². The molecule has 24 heavy (non-hydrogen) atoms. The van der Waals surface area contributed by atoms with Gasteiger partial charge in [-0.1, -0.05) is 30.3 Å². The molecule has 3 aromatic carbocycles. The number of nitrogens with two attached hydrogens (primary N) is 1. The van der Waals surface area contributed by atoms with Crippen molar-refractivity contribution in [1.82, 2.24) is 0 Å². The highest BCUT2D eigenvalue weighted by molar-refractivity contribution is 6.01. The van der Waals surface area contributed by atoms with Crippen LogP contribution in [-0.2, 0) is 0 Å². The molecule has 0 atom stereocenters. The standard InChI is InChI=1S/C20H19N3.ClH/c1-13-8-10-17-16(12-13)22-20-18(11-9-14(2)19(20)21)23(17)15-6-4-3-5-7-15;/h3-12,22H,21H2,1-2H3;1H. The monoisotopic (exact) mass is 337 g/mol. The molecule has 0 saturated carbocycles. The molecule has 1 aliphatic heterocycles. The summed E-state index contributed by atoms with van der Waals surface area (Å²) in [4.78, 5) is 2.26. The third-order valence-electron chi connectivity index (χ3n) is 4.35. The molecular formula is C20H20ClN3. The zero-order valence-electron chi connectivity index (χ0n) is 13.7. The molecule has 0 aromatic heterocycles. The molecular weight excluding hydrogens is 318 g/mol. The van der Waals surface area contributed by atoms with E-state index in [0.29, 0.717) is 0 Å². The fourth-order valence-corrected chi connectivity index (χ4v) is 3.09. The first-order chi connectivity index (χ1) is 11.1. The minimum absolute atomic E-state index is 0. The third-order valence-corrected chi connectivity index (χ3v) is 4.35. The topological polar surface area (TPSA) is 41.3 Å². The van der Waals surface area contributed by atoms with E-state index >= 15 is 0 Å². The number of nitrogens with zero attached hydrogens (tertiary/aromatic N) is 1. The molecule has 3 nitrogen and oxygen atoms in total. The van der Waals surface area contributed by atoms with Crippen molar-refractivity contribution in [1.29, 1.82) is 0 Å². The molecule has 0 fully saturated rings. The van der Waals surface area contributed by atoms with Crippen LogP contribution < -0.4 is 16.0 Å². The van der Waals surface area contributed by atoms with Crippen molar-refractivity contribution in [3.8, 4) is 0 Å². The van der Waals surface area contributed by atoms with Crippen molar-refractivity contribution in [3.63, 3.8) is 0 Å². The van der Waals surface area contributed by atoms with E-state index in [1.165, 1.54) is 5.56 Å². The predicted octanol–water partition coefficient (Wildman–Crippen LogP) is 5.83. The van der Waals surface area contributed by atoms with Gasteiger partial charge in [-0.2, -0.15) is 0 Å². The molecule has 0 bridgehead atoms. The van der Waals surface area contributed by atoms with Gasteiger partial charge in [0.25, 0.3) is 0 Å². The van der Waals surface area contributed by atoms with Gasteiger partial charge in [0, 0.05) is 5.69 Å². The van der Waals surface area contributed by atoms with Gasteiger partial charge < -0.3 is 16.0 Å². The Balaban J connectivity index is 0.00000169. The molecule has 122 valence electrons.